The minimum Gasteiger partial charge on any atom is -0.481 e. The van der Waals surface area contributed by atoms with Crippen LogP contribution in [0, 0.1) is 49.7 Å². The molecule has 61 heteroatoms. The number of carbonyl (C=O) groups is 18. The average molecular weight is 2070 g/mol. The molecule has 0 radical (unpaired) electrons. The Balaban J connectivity index is 3.82. The van der Waals surface area contributed by atoms with Crippen LogP contribution in [0.3, 0.4) is 0 Å². The van der Waals surface area contributed by atoms with Crippen LogP contribution in [-0.4, -0.2) is 343 Å². The number of likely N-dealkylation sites (tertiary alicyclic amines) is 1. The van der Waals surface area contributed by atoms with Crippen molar-refractivity contribution >= 4 is 160 Å². The quantitative estimate of drug-likeness (QED) is 0.0153. The van der Waals surface area contributed by atoms with Gasteiger partial charge < -0.3 is 189 Å². The van der Waals surface area contributed by atoms with Crippen molar-refractivity contribution < 1.29 is 102 Å². The maximum atomic E-state index is 15.0. The highest BCUT2D eigenvalue weighted by molar-refractivity contribution is 7.98. The van der Waals surface area contributed by atoms with E-state index in [0.29, 0.717) is 0 Å². The first kappa shape index (κ1) is 128. The van der Waals surface area contributed by atoms with Crippen molar-refractivity contribution in [1.29, 1.82) is 37.9 Å². The van der Waals surface area contributed by atoms with Gasteiger partial charge in [-0.1, -0.05) is 27.7 Å². The number of unbranched alkanes of at least 4 members (excludes halogenated alkanes) is 1. The molecule has 1 heterocycles. The van der Waals surface area contributed by atoms with Gasteiger partial charge in [-0.25, -0.2) is 4.79 Å². The van der Waals surface area contributed by atoms with E-state index in [4.69, 9.17) is 95.2 Å². The molecule has 0 bridgehead atoms. The van der Waals surface area contributed by atoms with Crippen molar-refractivity contribution in [2.75, 3.05) is 84.1 Å². The molecule has 0 spiro atoms. The van der Waals surface area contributed by atoms with Gasteiger partial charge in [0.25, 0.3) is 0 Å². The molecule has 144 heavy (non-hydrogen) atoms. The number of guanidine groups is 7. The van der Waals surface area contributed by atoms with E-state index < -0.39 is 277 Å². The summed E-state index contributed by atoms with van der Waals surface area (Å²) in [6.07, 6.45) is -0.780. The number of carboxylic acid groups (broad SMARTS) is 2. The first-order valence-electron chi connectivity index (χ1n) is 47.2. The number of aliphatic carboxylic acids is 2. The Morgan fingerprint density at radius 3 is 0.979 bits per heavy atom. The molecule has 16 amide bonds. The predicted molar refractivity (Wildman–Crippen MR) is 530 cm³/mol. The molecule has 0 aliphatic carbocycles. The molecule has 1 saturated heterocycles. The second kappa shape index (κ2) is 70.3. The number of aliphatic hydroxyl groups excluding tert-OH is 1. The monoisotopic (exact) mass is 2070 g/mol. The van der Waals surface area contributed by atoms with E-state index in [2.05, 4.69) is 112 Å². The second-order valence-corrected chi connectivity index (χ2v) is 35.6. The van der Waals surface area contributed by atoms with Gasteiger partial charge in [0.2, 0.25) is 94.5 Å². The minimum absolute atomic E-state index is 0.00392. The van der Waals surface area contributed by atoms with Crippen LogP contribution in [0.15, 0.2) is 0 Å². The van der Waals surface area contributed by atoms with Gasteiger partial charge in [-0.3, -0.25) is 119 Å². The van der Waals surface area contributed by atoms with Crippen molar-refractivity contribution in [2.45, 2.75) is 272 Å². The highest BCUT2D eigenvalue weighted by Crippen LogP contribution is 2.22. The van der Waals surface area contributed by atoms with Crippen molar-refractivity contribution in [3.8, 4) is 0 Å². The van der Waals surface area contributed by atoms with Gasteiger partial charge in [0, 0.05) is 65.2 Å². The number of amides is 16. The molecule has 60 nitrogen and oxygen atoms in total. The van der Waals surface area contributed by atoms with Gasteiger partial charge in [0.15, 0.2) is 41.7 Å². The molecule has 0 saturated carbocycles. The Morgan fingerprint density at radius 2 is 0.653 bits per heavy atom. The van der Waals surface area contributed by atoms with E-state index in [1.54, 1.807) is 6.26 Å². The van der Waals surface area contributed by atoms with E-state index in [0.717, 1.165) is 0 Å². The topological polar surface area (TPSA) is 1050 Å². The summed E-state index contributed by atoms with van der Waals surface area (Å²) in [5, 5.41) is 136. The fourth-order valence-electron chi connectivity index (χ4n) is 14.3. The lowest BCUT2D eigenvalue weighted by molar-refractivity contribution is -0.143. The molecule has 1 aliphatic heterocycles. The molecular formula is C83H155N39O21S. The third-order valence-corrected chi connectivity index (χ3v) is 22.7. The summed E-state index contributed by atoms with van der Waals surface area (Å²) in [6.45, 7) is 3.85. The number of nitrogens with two attached hydrogens (primary N) is 10. The van der Waals surface area contributed by atoms with Gasteiger partial charge in [-0.2, -0.15) is 11.8 Å². The number of nitrogens with zero attached hydrogens (tertiary/aromatic N) is 1. The standard InChI is InChI=1S/C83H155N39O21S/c1-42(2)60(74(140)118-50(21-12-35-105-81(95)96)69(135)113-47(18-9-32-102-78(89)90)66(132)114-51(22-13-36-106-82(97)98)71(137)121-61(43(3)4)76(142)143)120-72(138)55(41-123)109-58(125)40-108-63(129)52(26-27-57(86)124)115-67(133)48(19-10-33-103-79(91)92)112-64(130)45(16-6-7-30-84)111-68(134)49(20-11-34-104-80(93)94)117-73(139)56-24-15-38-122(56)75(141)54(23-14-37-107-83(99)100)119-70(136)53(29-39-144-5)116-65(131)46(17-8-31-101-77(87)88)110-62(128)44(85)25-28-59(126)127/h42-56,60-61,123H,6-41,84-85H2,1-5H3,(H2,86,124)(H,108,129)(H,109,125)(H,110,128)(H,111,134)(H,112,130)(H,113,135)(H,114,132)(H,115,133)(H,116,131)(H,117,139)(H,118,140)(H,119,136)(H,120,138)(H,121,137)(H,126,127)(H,142,143)(H4,87,88,101)(H4,89,90,102)(H4,91,92,103)(H4,93,94,104)(H4,95,96,105)(H4,97,98,106)(H4,99,100,107). The van der Waals surface area contributed by atoms with Crippen LogP contribution in [0.25, 0.3) is 0 Å². The first-order chi connectivity index (χ1) is 67.9. The molecule has 15 atom stereocenters. The number of carboxylic acids is 2. The number of aliphatic hydroxyl groups is 1. The SMILES string of the molecule is CSCCC(NC(=O)C(CCCNC(=N)N)NC(=O)C(N)CCC(=O)O)C(=O)NC(CCCNC(=N)N)C(=O)N1CCCC1C(=O)NC(CCCNC(=N)N)C(=O)NC(CCCCN)C(=O)NC(CCCNC(=N)N)C(=O)NC(CCC(N)=O)C(=O)NCC(=O)NC(CO)C(=O)NC(C(=O)NC(CCCNC(=N)N)C(=O)NC(CCCNC(=N)N)C(=O)NC(CCCNC(=N)N)C(=O)NC(C(=O)O)C(C)C)C(C)C. The van der Waals surface area contributed by atoms with Crippen molar-refractivity contribution in [3.63, 3.8) is 0 Å². The highest BCUT2D eigenvalue weighted by atomic mass is 32.2. The fraction of sp³-hybridized carbons (Fsp3) is 0.699. The van der Waals surface area contributed by atoms with Crippen LogP contribution in [0.2, 0.25) is 0 Å². The summed E-state index contributed by atoms with van der Waals surface area (Å²) in [5.74, 6) is -22.7. The maximum Gasteiger partial charge on any atom is 0.326 e. The summed E-state index contributed by atoms with van der Waals surface area (Å²) >= 11 is 1.30. The van der Waals surface area contributed by atoms with Gasteiger partial charge in [-0.15, -0.1) is 0 Å². The molecule has 0 aromatic heterocycles. The molecule has 814 valence electrons. The Kier molecular flexibility index (Phi) is 62.3. The number of hydrogen-bond acceptors (Lipinski definition) is 29. The lowest BCUT2D eigenvalue weighted by atomic mass is 10.0. The van der Waals surface area contributed by atoms with Crippen LogP contribution in [0.4, 0.5) is 0 Å². The van der Waals surface area contributed by atoms with Crippen LogP contribution >= 0.6 is 11.8 Å². The smallest absolute Gasteiger partial charge is 0.326 e. The minimum atomic E-state index is -1.89. The predicted octanol–water partition coefficient (Wildman–Crippen LogP) is -13.0. The van der Waals surface area contributed by atoms with Crippen LogP contribution in [0.1, 0.15) is 182 Å². The number of nitrogens with one attached hydrogen (secondary N) is 28. The zero-order chi connectivity index (χ0) is 109. The molecule has 51 N–H and O–H groups in total. The molecule has 1 fully saturated rings. The number of thioether (sulfide) groups is 1. The third-order valence-electron chi connectivity index (χ3n) is 22.0. The summed E-state index contributed by atoms with van der Waals surface area (Å²) in [5.41, 5.74) is 55.9. The second-order valence-electron chi connectivity index (χ2n) is 34.6. The number of rotatable bonds is 74. The van der Waals surface area contributed by atoms with Gasteiger partial charge >= 0.3 is 11.9 Å². The van der Waals surface area contributed by atoms with Crippen LogP contribution in [0.5, 0.6) is 0 Å². The van der Waals surface area contributed by atoms with E-state index in [1.807, 2.05) is 0 Å². The van der Waals surface area contributed by atoms with Gasteiger partial charge in [0.1, 0.15) is 84.6 Å². The largest absolute Gasteiger partial charge is 0.481 e. The van der Waals surface area contributed by atoms with Gasteiger partial charge in [0.05, 0.1) is 19.2 Å². The number of carbonyl (C=O) groups excluding carboxylic acids is 16. The lowest BCUT2D eigenvalue weighted by Crippen LogP contribution is -2.61. The van der Waals surface area contributed by atoms with E-state index in [-0.39, 0.29) is 205 Å². The summed E-state index contributed by atoms with van der Waals surface area (Å²) in [4.78, 5) is 252. The summed E-state index contributed by atoms with van der Waals surface area (Å²) in [7, 11) is 0. The Morgan fingerprint density at radius 1 is 0.347 bits per heavy atom. The highest BCUT2D eigenvalue weighted by Gasteiger charge is 2.43. The fourth-order valence-corrected chi connectivity index (χ4v) is 14.8. The molecule has 0 aromatic rings. The Bertz CT molecular complexity index is 4310. The van der Waals surface area contributed by atoms with Crippen molar-refractivity contribution in [1.82, 2.24) is 117 Å². The molecule has 15 unspecified atom stereocenters. The Labute approximate surface area is 838 Å². The zero-order valence-corrected chi connectivity index (χ0v) is 82.9. The van der Waals surface area contributed by atoms with Crippen LogP contribution in [-0.2, 0) is 86.3 Å². The first-order valence-corrected chi connectivity index (χ1v) is 48.6. The summed E-state index contributed by atoms with van der Waals surface area (Å²) in [6, 6.07) is -22.9. The normalized spacial score (nSPS) is 14.9. The Hall–Kier alpha value is -14.4. The molecule has 0 aromatic carbocycles. The van der Waals surface area contributed by atoms with Crippen molar-refractivity contribution in [3.05, 3.63) is 0 Å². The van der Waals surface area contributed by atoms with Crippen molar-refractivity contribution in [2.24, 2.45) is 69.2 Å². The third kappa shape index (κ3) is 54.0. The average Bonchev–Trinajstić information content (AvgIpc) is 1.66. The summed E-state index contributed by atoms with van der Waals surface area (Å²) < 4.78 is 0. The van der Waals surface area contributed by atoms with E-state index in [9.17, 15) is 96.8 Å². The molecule has 1 aliphatic rings. The number of primary amides is 1. The van der Waals surface area contributed by atoms with E-state index >= 15 is 4.79 Å². The van der Waals surface area contributed by atoms with Crippen LogP contribution < -0.4 is 169 Å². The zero-order valence-electron chi connectivity index (χ0n) is 82.1. The number of hydrogen-bond donors (Lipinski definition) is 41. The van der Waals surface area contributed by atoms with Gasteiger partial charge in [-0.05, 0) is 172 Å². The lowest BCUT2D eigenvalue weighted by Gasteiger charge is -2.31. The maximum absolute atomic E-state index is 15.0. The molecular weight excluding hydrogens is 1910 g/mol. The van der Waals surface area contributed by atoms with E-state index in [1.165, 1.54) is 44.4 Å². The molecule has 1 rings (SSSR count).